The highest BCUT2D eigenvalue weighted by atomic mass is 19.1. The number of ether oxygens (including phenoxy) is 1. The molecule has 0 aliphatic carbocycles. The summed E-state index contributed by atoms with van der Waals surface area (Å²) >= 11 is 0. The van der Waals surface area contributed by atoms with Gasteiger partial charge in [-0.25, -0.2) is 9.18 Å². The minimum atomic E-state index is -0.531. The molecule has 0 N–H and O–H groups in total. The van der Waals surface area contributed by atoms with Gasteiger partial charge >= 0.3 is 5.97 Å². The first-order valence-corrected chi connectivity index (χ1v) is 8.04. The van der Waals surface area contributed by atoms with E-state index >= 15 is 0 Å². The van der Waals surface area contributed by atoms with E-state index in [9.17, 15) is 19.3 Å². The third-order valence-electron chi connectivity index (χ3n) is 4.33. The molecule has 1 aliphatic heterocycles. The molecule has 0 saturated heterocycles. The van der Waals surface area contributed by atoms with Gasteiger partial charge in [0, 0.05) is 25.2 Å². The second-order valence-electron chi connectivity index (χ2n) is 5.95. The van der Waals surface area contributed by atoms with Crippen LogP contribution in [0.15, 0.2) is 42.5 Å². The fraction of sp³-hybridized carbons (Fsp3) is 0.211. The normalized spacial score (nSPS) is 13.5. The Kier molecular flexibility index (Phi) is 4.97. The van der Waals surface area contributed by atoms with Gasteiger partial charge in [-0.1, -0.05) is 12.1 Å². The number of nitrogens with zero attached hydrogens (tertiary/aromatic N) is 2. The van der Waals surface area contributed by atoms with Crippen LogP contribution in [0.3, 0.4) is 0 Å². The summed E-state index contributed by atoms with van der Waals surface area (Å²) in [6.45, 7) is 1.04. The number of rotatable bonds is 4. The van der Waals surface area contributed by atoms with E-state index in [0.29, 0.717) is 30.8 Å². The second-order valence-corrected chi connectivity index (χ2v) is 5.95. The zero-order valence-corrected chi connectivity index (χ0v) is 14.1. The first kappa shape index (κ1) is 17.6. The first-order chi connectivity index (χ1) is 12.5. The Bertz CT molecular complexity index is 895. The molecule has 0 spiro atoms. The number of nitro benzene ring substituents is 1. The molecule has 0 saturated carbocycles. The van der Waals surface area contributed by atoms with Crippen molar-refractivity contribution in [3.8, 4) is 0 Å². The Balaban J connectivity index is 1.90. The highest BCUT2D eigenvalue weighted by Crippen LogP contribution is 2.33. The highest BCUT2D eigenvalue weighted by molar-refractivity contribution is 5.87. The molecule has 0 amide bonds. The molecule has 0 fully saturated rings. The molecule has 0 unspecified atom stereocenters. The third kappa shape index (κ3) is 3.72. The summed E-state index contributed by atoms with van der Waals surface area (Å²) in [6, 6.07) is 9.44. The predicted molar refractivity (Wildman–Crippen MR) is 95.3 cm³/mol. The molecule has 3 rings (SSSR count). The molecule has 0 atom stereocenters. The van der Waals surface area contributed by atoms with E-state index in [1.54, 1.807) is 18.2 Å². The van der Waals surface area contributed by atoms with Gasteiger partial charge in [0.2, 0.25) is 0 Å². The molecule has 1 heterocycles. The molecule has 6 nitrogen and oxygen atoms in total. The number of hydrogen-bond acceptors (Lipinski definition) is 5. The van der Waals surface area contributed by atoms with Crippen molar-refractivity contribution >= 4 is 23.4 Å². The van der Waals surface area contributed by atoms with Crippen LogP contribution in [-0.2, 0) is 22.5 Å². The standard InChI is InChI=1S/C19H17FN2O4/c1-26-19(23)7-3-13-2-6-17(18(10-13)22(24)25)21-9-8-14-11-16(20)5-4-15(14)12-21/h2-7,10-11H,8-9,12H2,1H3/b7-3+. The van der Waals surface area contributed by atoms with Crippen molar-refractivity contribution in [3.05, 3.63) is 75.1 Å². The van der Waals surface area contributed by atoms with E-state index in [1.165, 1.54) is 37.5 Å². The summed E-state index contributed by atoms with van der Waals surface area (Å²) in [6.07, 6.45) is 3.30. The monoisotopic (exact) mass is 356 g/mol. The Morgan fingerprint density at radius 2 is 2.08 bits per heavy atom. The molecule has 0 bridgehead atoms. The summed E-state index contributed by atoms with van der Waals surface area (Å²) in [5, 5.41) is 11.5. The number of carbonyl (C=O) groups is 1. The minimum absolute atomic E-state index is 0.0393. The van der Waals surface area contributed by atoms with Crippen molar-refractivity contribution in [1.29, 1.82) is 0 Å². The average molecular weight is 356 g/mol. The molecule has 0 radical (unpaired) electrons. The highest BCUT2D eigenvalue weighted by Gasteiger charge is 2.24. The number of esters is 1. The molecule has 2 aromatic rings. The summed E-state index contributed by atoms with van der Waals surface area (Å²) < 4.78 is 17.9. The van der Waals surface area contributed by atoms with Crippen LogP contribution in [0.5, 0.6) is 0 Å². The fourth-order valence-electron chi connectivity index (χ4n) is 3.02. The Morgan fingerprint density at radius 3 is 2.81 bits per heavy atom. The molecule has 1 aliphatic rings. The van der Waals surface area contributed by atoms with E-state index < -0.39 is 10.9 Å². The fourth-order valence-corrected chi connectivity index (χ4v) is 3.02. The van der Waals surface area contributed by atoms with Gasteiger partial charge in [-0.05, 0) is 47.4 Å². The van der Waals surface area contributed by atoms with Crippen molar-refractivity contribution in [1.82, 2.24) is 0 Å². The van der Waals surface area contributed by atoms with Gasteiger partial charge in [0.05, 0.1) is 12.0 Å². The minimum Gasteiger partial charge on any atom is -0.466 e. The van der Waals surface area contributed by atoms with Gasteiger partial charge in [0.15, 0.2) is 0 Å². The van der Waals surface area contributed by atoms with Crippen molar-refractivity contribution < 1.29 is 18.8 Å². The number of carbonyl (C=O) groups excluding carboxylic acids is 1. The Labute approximate surface area is 149 Å². The predicted octanol–water partition coefficient (Wildman–Crippen LogP) is 3.48. The van der Waals surface area contributed by atoms with Crippen LogP contribution >= 0.6 is 0 Å². The van der Waals surface area contributed by atoms with Crippen LogP contribution in [-0.4, -0.2) is 24.5 Å². The van der Waals surface area contributed by atoms with Crippen molar-refractivity contribution in [2.45, 2.75) is 13.0 Å². The lowest BCUT2D eigenvalue weighted by Crippen LogP contribution is -2.30. The number of halogens is 1. The topological polar surface area (TPSA) is 72.7 Å². The summed E-state index contributed by atoms with van der Waals surface area (Å²) in [4.78, 5) is 24.2. The number of benzene rings is 2. The van der Waals surface area contributed by atoms with Crippen LogP contribution in [0.25, 0.3) is 6.08 Å². The molecule has 0 aromatic heterocycles. The Hall–Kier alpha value is -3.22. The molecular weight excluding hydrogens is 339 g/mol. The van der Waals surface area contributed by atoms with E-state index in [1.807, 2.05) is 4.90 Å². The van der Waals surface area contributed by atoms with Gasteiger partial charge in [0.1, 0.15) is 11.5 Å². The summed E-state index contributed by atoms with van der Waals surface area (Å²) in [7, 11) is 1.26. The summed E-state index contributed by atoms with van der Waals surface area (Å²) in [5.41, 5.74) is 2.89. The average Bonchev–Trinajstić information content (AvgIpc) is 2.65. The number of fused-ring (bicyclic) bond motifs is 1. The van der Waals surface area contributed by atoms with Gasteiger partial charge in [-0.2, -0.15) is 0 Å². The number of hydrogen-bond donors (Lipinski definition) is 0. The number of methoxy groups -OCH3 is 1. The van der Waals surface area contributed by atoms with Crippen molar-refractivity contribution in [2.24, 2.45) is 0 Å². The van der Waals surface area contributed by atoms with Gasteiger partial charge in [-0.3, -0.25) is 10.1 Å². The maximum absolute atomic E-state index is 13.3. The van der Waals surface area contributed by atoms with Crippen molar-refractivity contribution in [3.63, 3.8) is 0 Å². The molecule has 134 valence electrons. The Morgan fingerprint density at radius 1 is 1.27 bits per heavy atom. The van der Waals surface area contributed by atoms with Gasteiger partial charge in [0.25, 0.3) is 5.69 Å². The van der Waals surface area contributed by atoms with E-state index in [4.69, 9.17) is 0 Å². The van der Waals surface area contributed by atoms with Crippen LogP contribution in [0, 0.1) is 15.9 Å². The van der Waals surface area contributed by atoms with Crippen LogP contribution in [0.2, 0.25) is 0 Å². The number of anilines is 1. The SMILES string of the molecule is COC(=O)/C=C/c1ccc(N2CCc3cc(F)ccc3C2)c([N+](=O)[O-])c1. The zero-order valence-electron chi connectivity index (χ0n) is 14.1. The molecular formula is C19H17FN2O4. The molecule has 26 heavy (non-hydrogen) atoms. The molecule has 7 heteroatoms. The molecule has 2 aromatic carbocycles. The van der Waals surface area contributed by atoms with E-state index in [2.05, 4.69) is 4.74 Å². The lowest BCUT2D eigenvalue weighted by molar-refractivity contribution is -0.384. The van der Waals surface area contributed by atoms with Gasteiger partial charge < -0.3 is 9.64 Å². The lowest BCUT2D eigenvalue weighted by atomic mass is 9.98. The van der Waals surface area contributed by atoms with Crippen molar-refractivity contribution in [2.75, 3.05) is 18.6 Å². The van der Waals surface area contributed by atoms with Crippen LogP contribution < -0.4 is 4.90 Å². The maximum atomic E-state index is 13.3. The number of nitro groups is 1. The summed E-state index contributed by atoms with van der Waals surface area (Å²) in [5.74, 6) is -0.804. The third-order valence-corrected chi connectivity index (χ3v) is 4.33. The van der Waals surface area contributed by atoms with Crippen LogP contribution in [0.1, 0.15) is 16.7 Å². The first-order valence-electron chi connectivity index (χ1n) is 8.04. The smallest absolute Gasteiger partial charge is 0.330 e. The van der Waals surface area contributed by atoms with E-state index in [-0.39, 0.29) is 11.5 Å². The maximum Gasteiger partial charge on any atom is 0.330 e. The van der Waals surface area contributed by atoms with E-state index in [0.717, 1.165) is 11.1 Å². The second kappa shape index (κ2) is 7.35. The zero-order chi connectivity index (χ0) is 18.7. The van der Waals surface area contributed by atoms with Gasteiger partial charge in [-0.15, -0.1) is 0 Å². The lowest BCUT2D eigenvalue weighted by Gasteiger charge is -2.30. The van der Waals surface area contributed by atoms with Crippen LogP contribution in [0.4, 0.5) is 15.8 Å². The quantitative estimate of drug-likeness (QED) is 0.363. The largest absolute Gasteiger partial charge is 0.466 e.